The van der Waals surface area contributed by atoms with E-state index in [1.165, 1.54) is 4.88 Å². The predicted octanol–water partition coefficient (Wildman–Crippen LogP) is 2.83. The second kappa shape index (κ2) is 5.29. The van der Waals surface area contributed by atoms with Crippen LogP contribution >= 0.6 is 11.3 Å². The van der Waals surface area contributed by atoms with Gasteiger partial charge in [-0.2, -0.15) is 0 Å². The van der Waals surface area contributed by atoms with E-state index in [1.807, 2.05) is 25.2 Å². The number of aliphatic hydroxyl groups is 1. The van der Waals surface area contributed by atoms with Gasteiger partial charge in [0.15, 0.2) is 0 Å². The summed E-state index contributed by atoms with van der Waals surface area (Å²) in [5.74, 6) is 0.843. The first-order valence-corrected chi connectivity index (χ1v) is 6.43. The molecule has 3 nitrogen and oxygen atoms in total. The molecule has 0 unspecified atom stereocenters. The van der Waals surface area contributed by atoms with Gasteiger partial charge in [-0.25, -0.2) is 4.98 Å². The average molecular weight is 248 g/mol. The van der Waals surface area contributed by atoms with Crippen molar-refractivity contribution < 1.29 is 5.11 Å². The lowest BCUT2D eigenvalue weighted by atomic mass is 10.1. The third-order valence-corrected chi connectivity index (χ3v) is 3.46. The van der Waals surface area contributed by atoms with E-state index in [0.717, 1.165) is 17.9 Å². The zero-order chi connectivity index (χ0) is 12.3. The number of nitrogens with zero attached hydrogens (tertiary/aromatic N) is 2. The van der Waals surface area contributed by atoms with Gasteiger partial charge in [0.1, 0.15) is 5.82 Å². The summed E-state index contributed by atoms with van der Waals surface area (Å²) < 4.78 is 0. The SMILES string of the molecule is C[C@H](O)c1cccnc1N(C)Cc1cccs1. The molecule has 0 aromatic carbocycles. The summed E-state index contributed by atoms with van der Waals surface area (Å²) in [5.41, 5.74) is 0.867. The molecule has 1 atom stereocenters. The topological polar surface area (TPSA) is 36.4 Å². The van der Waals surface area contributed by atoms with Crippen LogP contribution in [-0.2, 0) is 6.54 Å². The molecule has 4 heteroatoms. The van der Waals surface area contributed by atoms with E-state index in [2.05, 4.69) is 21.3 Å². The second-order valence-electron chi connectivity index (χ2n) is 4.03. The van der Waals surface area contributed by atoms with Crippen LogP contribution in [0.3, 0.4) is 0 Å². The van der Waals surface area contributed by atoms with E-state index in [9.17, 15) is 5.11 Å². The second-order valence-corrected chi connectivity index (χ2v) is 5.06. The number of rotatable bonds is 4. The Kier molecular flexibility index (Phi) is 3.76. The smallest absolute Gasteiger partial charge is 0.134 e. The van der Waals surface area contributed by atoms with Crippen molar-refractivity contribution in [2.24, 2.45) is 0 Å². The first-order valence-electron chi connectivity index (χ1n) is 5.55. The maximum atomic E-state index is 9.72. The Balaban J connectivity index is 2.21. The summed E-state index contributed by atoms with van der Waals surface area (Å²) in [4.78, 5) is 7.70. The van der Waals surface area contributed by atoms with Crippen molar-refractivity contribution in [2.75, 3.05) is 11.9 Å². The third kappa shape index (κ3) is 2.84. The van der Waals surface area contributed by atoms with E-state index in [0.29, 0.717) is 0 Å². The Morgan fingerprint density at radius 2 is 2.24 bits per heavy atom. The van der Waals surface area contributed by atoms with Gasteiger partial charge in [-0.1, -0.05) is 12.1 Å². The van der Waals surface area contributed by atoms with Gasteiger partial charge >= 0.3 is 0 Å². The molecule has 2 aromatic rings. The highest BCUT2D eigenvalue weighted by Crippen LogP contribution is 2.24. The number of aromatic nitrogens is 1. The van der Waals surface area contributed by atoms with Crippen LogP contribution in [0.25, 0.3) is 0 Å². The lowest BCUT2D eigenvalue weighted by Crippen LogP contribution is -2.19. The van der Waals surface area contributed by atoms with Crippen molar-refractivity contribution in [1.82, 2.24) is 4.98 Å². The quantitative estimate of drug-likeness (QED) is 0.904. The van der Waals surface area contributed by atoms with Crippen molar-refractivity contribution in [3.63, 3.8) is 0 Å². The van der Waals surface area contributed by atoms with Crippen LogP contribution in [0, 0.1) is 0 Å². The van der Waals surface area contributed by atoms with Crippen LogP contribution < -0.4 is 4.90 Å². The molecular weight excluding hydrogens is 232 g/mol. The predicted molar refractivity (Wildman–Crippen MR) is 71.3 cm³/mol. The van der Waals surface area contributed by atoms with Gasteiger partial charge in [-0.3, -0.25) is 0 Å². The molecule has 17 heavy (non-hydrogen) atoms. The Bertz CT molecular complexity index is 468. The molecule has 0 saturated carbocycles. The summed E-state index contributed by atoms with van der Waals surface area (Å²) in [7, 11) is 1.99. The Hall–Kier alpha value is -1.39. The zero-order valence-corrected chi connectivity index (χ0v) is 10.8. The highest BCUT2D eigenvalue weighted by atomic mass is 32.1. The van der Waals surface area contributed by atoms with Gasteiger partial charge in [0.25, 0.3) is 0 Å². The molecule has 0 fully saturated rings. The minimum atomic E-state index is -0.496. The summed E-state index contributed by atoms with van der Waals surface area (Å²) in [5, 5.41) is 11.8. The van der Waals surface area contributed by atoms with Gasteiger partial charge in [-0.05, 0) is 24.4 Å². The van der Waals surface area contributed by atoms with Crippen LogP contribution in [0.2, 0.25) is 0 Å². The maximum absolute atomic E-state index is 9.72. The van der Waals surface area contributed by atoms with Crippen LogP contribution in [0.1, 0.15) is 23.5 Å². The van der Waals surface area contributed by atoms with Crippen LogP contribution in [0.15, 0.2) is 35.8 Å². The van der Waals surface area contributed by atoms with E-state index in [4.69, 9.17) is 0 Å². The molecule has 1 N–H and O–H groups in total. The van der Waals surface area contributed by atoms with Gasteiger partial charge in [0.2, 0.25) is 0 Å². The molecule has 0 radical (unpaired) electrons. The van der Waals surface area contributed by atoms with Gasteiger partial charge in [-0.15, -0.1) is 11.3 Å². The molecule has 0 amide bonds. The van der Waals surface area contributed by atoms with Gasteiger partial charge in [0.05, 0.1) is 12.6 Å². The fraction of sp³-hybridized carbons (Fsp3) is 0.308. The molecule has 0 aliphatic rings. The summed E-state index contributed by atoms with van der Waals surface area (Å²) >= 11 is 1.73. The van der Waals surface area contributed by atoms with Crippen molar-refractivity contribution in [3.8, 4) is 0 Å². The van der Waals surface area contributed by atoms with Crippen LogP contribution in [0.4, 0.5) is 5.82 Å². The van der Waals surface area contributed by atoms with Crippen LogP contribution in [-0.4, -0.2) is 17.1 Å². The Morgan fingerprint density at radius 3 is 2.88 bits per heavy atom. The molecule has 0 aliphatic carbocycles. The first kappa shape index (κ1) is 12.1. The Labute approximate surface area is 105 Å². The lowest BCUT2D eigenvalue weighted by Gasteiger charge is -2.21. The minimum absolute atomic E-state index is 0.496. The van der Waals surface area contributed by atoms with Gasteiger partial charge < -0.3 is 10.0 Å². The number of hydrogen-bond acceptors (Lipinski definition) is 4. The normalized spacial score (nSPS) is 12.4. The highest BCUT2D eigenvalue weighted by molar-refractivity contribution is 7.09. The molecule has 0 aliphatic heterocycles. The van der Waals surface area contributed by atoms with Crippen molar-refractivity contribution >= 4 is 17.2 Å². The highest BCUT2D eigenvalue weighted by Gasteiger charge is 2.12. The minimum Gasteiger partial charge on any atom is -0.389 e. The lowest BCUT2D eigenvalue weighted by molar-refractivity contribution is 0.199. The molecular formula is C13H16N2OS. The molecule has 2 heterocycles. The zero-order valence-electron chi connectivity index (χ0n) is 10.00. The van der Waals surface area contributed by atoms with E-state index < -0.39 is 6.10 Å². The van der Waals surface area contributed by atoms with E-state index in [1.54, 1.807) is 24.5 Å². The van der Waals surface area contributed by atoms with Gasteiger partial charge in [0, 0.05) is 23.7 Å². The van der Waals surface area contributed by atoms with Crippen LogP contribution in [0.5, 0.6) is 0 Å². The van der Waals surface area contributed by atoms with Crippen molar-refractivity contribution in [1.29, 1.82) is 0 Å². The van der Waals surface area contributed by atoms with Crippen molar-refractivity contribution in [2.45, 2.75) is 19.6 Å². The molecule has 0 saturated heterocycles. The fourth-order valence-corrected chi connectivity index (χ4v) is 2.52. The Morgan fingerprint density at radius 1 is 1.41 bits per heavy atom. The number of pyridine rings is 1. The number of thiophene rings is 1. The first-order chi connectivity index (χ1) is 8.18. The van der Waals surface area contributed by atoms with E-state index in [-0.39, 0.29) is 0 Å². The molecule has 90 valence electrons. The third-order valence-electron chi connectivity index (χ3n) is 2.60. The molecule has 2 rings (SSSR count). The molecule has 2 aromatic heterocycles. The number of hydrogen-bond donors (Lipinski definition) is 1. The summed E-state index contributed by atoms with van der Waals surface area (Å²) in [6, 6.07) is 7.91. The molecule has 0 bridgehead atoms. The summed E-state index contributed by atoms with van der Waals surface area (Å²) in [6.07, 6.45) is 1.26. The maximum Gasteiger partial charge on any atom is 0.134 e. The standard InChI is InChI=1S/C13H16N2OS/c1-10(16)12-6-3-7-14-13(12)15(2)9-11-5-4-8-17-11/h3-8,10,16H,9H2,1-2H3/t10-/m0/s1. The molecule has 0 spiro atoms. The summed E-state index contributed by atoms with van der Waals surface area (Å²) in [6.45, 7) is 2.58. The van der Waals surface area contributed by atoms with E-state index >= 15 is 0 Å². The number of anilines is 1. The number of aliphatic hydroxyl groups excluding tert-OH is 1. The van der Waals surface area contributed by atoms with Crippen molar-refractivity contribution in [3.05, 3.63) is 46.3 Å². The fourth-order valence-electron chi connectivity index (χ4n) is 1.77. The largest absolute Gasteiger partial charge is 0.389 e. The average Bonchev–Trinajstić information content (AvgIpc) is 2.81. The monoisotopic (exact) mass is 248 g/mol.